The standard InChI is InChI=1S/C19H20N2O3S/c1-12-13(2)25-11-14(12)10-20-17(22)8-5-9-21-18(23)15-6-3-4-7-16(15)19(21)24/h3-4,6-7,11H,5,8-10H2,1-2H3,(H,20,22). The molecule has 3 amide bonds. The highest BCUT2D eigenvalue weighted by molar-refractivity contribution is 7.10. The largest absolute Gasteiger partial charge is 0.352 e. The van der Waals surface area contributed by atoms with E-state index in [0.717, 1.165) is 5.56 Å². The molecule has 5 nitrogen and oxygen atoms in total. The van der Waals surface area contributed by atoms with E-state index in [1.165, 1.54) is 15.3 Å². The van der Waals surface area contributed by atoms with E-state index in [1.54, 1.807) is 35.6 Å². The van der Waals surface area contributed by atoms with E-state index < -0.39 is 0 Å². The first-order valence-electron chi connectivity index (χ1n) is 8.24. The predicted octanol–water partition coefficient (Wildman–Crippen LogP) is 3.06. The molecular weight excluding hydrogens is 336 g/mol. The number of fused-ring (bicyclic) bond motifs is 1. The summed E-state index contributed by atoms with van der Waals surface area (Å²) >= 11 is 1.68. The second-order valence-electron chi connectivity index (χ2n) is 6.13. The van der Waals surface area contributed by atoms with Crippen molar-refractivity contribution in [1.29, 1.82) is 0 Å². The van der Waals surface area contributed by atoms with Gasteiger partial charge in [-0.3, -0.25) is 19.3 Å². The number of nitrogens with one attached hydrogen (secondary N) is 1. The fraction of sp³-hybridized carbons (Fsp3) is 0.316. The van der Waals surface area contributed by atoms with Gasteiger partial charge in [0.2, 0.25) is 5.91 Å². The number of nitrogens with zero attached hydrogens (tertiary/aromatic N) is 1. The van der Waals surface area contributed by atoms with Crippen LogP contribution in [0, 0.1) is 13.8 Å². The van der Waals surface area contributed by atoms with Crippen LogP contribution in [0.2, 0.25) is 0 Å². The molecule has 6 heteroatoms. The van der Waals surface area contributed by atoms with E-state index in [1.807, 2.05) is 0 Å². The normalized spacial score (nSPS) is 13.3. The molecule has 0 saturated heterocycles. The van der Waals surface area contributed by atoms with Crippen molar-refractivity contribution >= 4 is 29.1 Å². The third-order valence-corrected chi connectivity index (χ3v) is 5.59. The summed E-state index contributed by atoms with van der Waals surface area (Å²) in [7, 11) is 0. The van der Waals surface area contributed by atoms with Crippen LogP contribution in [0.25, 0.3) is 0 Å². The van der Waals surface area contributed by atoms with Gasteiger partial charge in [-0.25, -0.2) is 0 Å². The van der Waals surface area contributed by atoms with E-state index in [-0.39, 0.29) is 30.7 Å². The monoisotopic (exact) mass is 356 g/mol. The van der Waals surface area contributed by atoms with E-state index in [0.29, 0.717) is 24.1 Å². The second kappa shape index (κ2) is 7.19. The highest BCUT2D eigenvalue weighted by Gasteiger charge is 2.34. The summed E-state index contributed by atoms with van der Waals surface area (Å²) in [5.74, 6) is -0.615. The Morgan fingerprint density at radius 2 is 1.76 bits per heavy atom. The number of carbonyl (C=O) groups is 3. The van der Waals surface area contributed by atoms with Crippen LogP contribution in [0.3, 0.4) is 0 Å². The van der Waals surface area contributed by atoms with Crippen LogP contribution in [0.1, 0.15) is 49.6 Å². The first kappa shape index (κ1) is 17.4. The zero-order valence-electron chi connectivity index (χ0n) is 14.3. The highest BCUT2D eigenvalue weighted by atomic mass is 32.1. The fourth-order valence-corrected chi connectivity index (χ4v) is 3.75. The van der Waals surface area contributed by atoms with Crippen LogP contribution < -0.4 is 5.32 Å². The van der Waals surface area contributed by atoms with Gasteiger partial charge in [-0.2, -0.15) is 0 Å². The Labute approximate surface area is 150 Å². The summed E-state index contributed by atoms with van der Waals surface area (Å²) in [4.78, 5) is 39.0. The molecule has 2 heterocycles. The van der Waals surface area contributed by atoms with Crippen molar-refractivity contribution in [2.24, 2.45) is 0 Å². The molecule has 130 valence electrons. The molecule has 3 rings (SSSR count). The summed E-state index contributed by atoms with van der Waals surface area (Å²) in [6.45, 7) is 4.89. The Kier molecular flexibility index (Phi) is 4.99. The molecule has 0 bridgehead atoms. The molecular formula is C19H20N2O3S. The van der Waals surface area contributed by atoms with E-state index >= 15 is 0 Å². The molecule has 0 radical (unpaired) electrons. The van der Waals surface area contributed by atoms with Crippen molar-refractivity contribution < 1.29 is 14.4 Å². The summed E-state index contributed by atoms with van der Waals surface area (Å²) in [5, 5.41) is 4.96. The zero-order chi connectivity index (χ0) is 18.0. The average molecular weight is 356 g/mol. The zero-order valence-corrected chi connectivity index (χ0v) is 15.1. The van der Waals surface area contributed by atoms with Crippen LogP contribution in [-0.2, 0) is 11.3 Å². The van der Waals surface area contributed by atoms with Crippen molar-refractivity contribution in [3.05, 3.63) is 56.8 Å². The number of hydrogen-bond acceptors (Lipinski definition) is 4. The lowest BCUT2D eigenvalue weighted by Crippen LogP contribution is -2.32. The van der Waals surface area contributed by atoms with Crippen LogP contribution in [-0.4, -0.2) is 29.2 Å². The number of aryl methyl sites for hydroxylation is 1. The van der Waals surface area contributed by atoms with Gasteiger partial charge < -0.3 is 5.32 Å². The van der Waals surface area contributed by atoms with Crippen LogP contribution in [0.4, 0.5) is 0 Å². The van der Waals surface area contributed by atoms with Gasteiger partial charge in [0.05, 0.1) is 11.1 Å². The minimum Gasteiger partial charge on any atom is -0.352 e. The number of amides is 3. The molecule has 1 aromatic heterocycles. The number of carbonyl (C=O) groups excluding carboxylic acids is 3. The number of hydrogen-bond donors (Lipinski definition) is 1. The molecule has 1 aromatic carbocycles. The topological polar surface area (TPSA) is 66.5 Å². The molecule has 25 heavy (non-hydrogen) atoms. The minimum absolute atomic E-state index is 0.0696. The van der Waals surface area contributed by atoms with Crippen molar-refractivity contribution in [2.45, 2.75) is 33.2 Å². The SMILES string of the molecule is Cc1scc(CNC(=O)CCCN2C(=O)c3ccccc3C2=O)c1C. The second-order valence-corrected chi connectivity index (χ2v) is 7.21. The lowest BCUT2D eigenvalue weighted by molar-refractivity contribution is -0.121. The maximum Gasteiger partial charge on any atom is 0.261 e. The number of thiophene rings is 1. The Balaban J connectivity index is 1.47. The third kappa shape index (κ3) is 3.49. The van der Waals surface area contributed by atoms with Crippen LogP contribution in [0.5, 0.6) is 0 Å². The fourth-order valence-electron chi connectivity index (χ4n) is 2.86. The summed E-state index contributed by atoms with van der Waals surface area (Å²) in [6.07, 6.45) is 0.745. The van der Waals surface area contributed by atoms with Crippen molar-refractivity contribution in [2.75, 3.05) is 6.54 Å². The first-order valence-corrected chi connectivity index (χ1v) is 9.12. The third-order valence-electron chi connectivity index (χ3n) is 4.53. The molecule has 0 spiro atoms. The molecule has 0 aliphatic carbocycles. The molecule has 1 aliphatic rings. The molecule has 0 fully saturated rings. The predicted molar refractivity (Wildman–Crippen MR) is 96.7 cm³/mol. The van der Waals surface area contributed by atoms with E-state index in [2.05, 4.69) is 24.5 Å². The quantitative estimate of drug-likeness (QED) is 0.809. The molecule has 0 saturated carbocycles. The lowest BCUT2D eigenvalue weighted by Gasteiger charge is -2.13. The Bertz CT molecular complexity index is 806. The molecule has 0 atom stereocenters. The highest BCUT2D eigenvalue weighted by Crippen LogP contribution is 2.23. The van der Waals surface area contributed by atoms with Gasteiger partial charge in [0.15, 0.2) is 0 Å². The van der Waals surface area contributed by atoms with Gasteiger partial charge in [0.25, 0.3) is 11.8 Å². The van der Waals surface area contributed by atoms with Gasteiger partial charge in [-0.05, 0) is 48.9 Å². The van der Waals surface area contributed by atoms with Crippen molar-refractivity contribution in [3.8, 4) is 0 Å². The number of rotatable bonds is 6. The Hall–Kier alpha value is -2.47. The van der Waals surface area contributed by atoms with Gasteiger partial charge in [0, 0.05) is 24.4 Å². The molecule has 2 aromatic rings. The van der Waals surface area contributed by atoms with Gasteiger partial charge >= 0.3 is 0 Å². The maximum atomic E-state index is 12.2. The van der Waals surface area contributed by atoms with Crippen molar-refractivity contribution in [3.63, 3.8) is 0 Å². The first-order chi connectivity index (χ1) is 12.0. The summed E-state index contributed by atoms with van der Waals surface area (Å²) in [5.41, 5.74) is 3.24. The summed E-state index contributed by atoms with van der Waals surface area (Å²) in [6, 6.07) is 6.81. The molecule has 1 N–H and O–H groups in total. The van der Waals surface area contributed by atoms with Gasteiger partial charge in [-0.15, -0.1) is 11.3 Å². The van der Waals surface area contributed by atoms with Crippen LogP contribution in [0.15, 0.2) is 29.6 Å². The Morgan fingerprint density at radius 1 is 1.12 bits per heavy atom. The number of imide groups is 1. The van der Waals surface area contributed by atoms with Gasteiger partial charge in [0.1, 0.15) is 0 Å². The van der Waals surface area contributed by atoms with Gasteiger partial charge in [-0.1, -0.05) is 12.1 Å². The average Bonchev–Trinajstić information content (AvgIpc) is 3.06. The maximum absolute atomic E-state index is 12.2. The lowest BCUT2D eigenvalue weighted by atomic mass is 10.1. The molecule has 0 unspecified atom stereocenters. The smallest absolute Gasteiger partial charge is 0.261 e. The van der Waals surface area contributed by atoms with Crippen molar-refractivity contribution in [1.82, 2.24) is 10.2 Å². The minimum atomic E-state index is -0.273. The number of benzene rings is 1. The van der Waals surface area contributed by atoms with E-state index in [4.69, 9.17) is 0 Å². The summed E-state index contributed by atoms with van der Waals surface area (Å²) < 4.78 is 0. The Morgan fingerprint density at radius 3 is 2.32 bits per heavy atom. The van der Waals surface area contributed by atoms with Crippen LogP contribution >= 0.6 is 11.3 Å². The molecule has 1 aliphatic heterocycles. The van der Waals surface area contributed by atoms with E-state index in [9.17, 15) is 14.4 Å².